The van der Waals surface area contributed by atoms with Crippen molar-refractivity contribution in [1.82, 2.24) is 19.5 Å². The van der Waals surface area contributed by atoms with Crippen LogP contribution in [0.4, 0.5) is 4.39 Å². The number of furan rings is 1. The number of rotatable bonds is 6. The van der Waals surface area contributed by atoms with Gasteiger partial charge in [0.1, 0.15) is 5.58 Å². The Hall–Kier alpha value is -5.75. The predicted octanol–water partition coefficient (Wildman–Crippen LogP) is 13.3. The number of para-hydroxylation sites is 2. The van der Waals surface area contributed by atoms with Crippen molar-refractivity contribution >= 4 is 33.0 Å². The van der Waals surface area contributed by atoms with Gasteiger partial charge in [0.2, 0.25) is 0 Å². The monoisotopic (exact) mass is 930 g/mol. The Balaban J connectivity index is 0.000000241. The summed E-state index contributed by atoms with van der Waals surface area (Å²) in [6.45, 7) is 10.7. The molecule has 0 N–H and O–H groups in total. The molecule has 0 spiro atoms. The molecule has 1 radical (unpaired) electrons. The van der Waals surface area contributed by atoms with Crippen molar-refractivity contribution in [1.29, 1.82) is 0 Å². The second kappa shape index (κ2) is 16.4. The largest absolute Gasteiger partial charge is 0.501 e. The Morgan fingerprint density at radius 2 is 1.47 bits per heavy atom. The van der Waals surface area contributed by atoms with Crippen molar-refractivity contribution in [3.63, 3.8) is 0 Å². The van der Waals surface area contributed by atoms with Crippen molar-refractivity contribution in [3.05, 3.63) is 167 Å². The number of pyridine rings is 2. The molecule has 0 atom stereocenters. The van der Waals surface area contributed by atoms with E-state index in [0.717, 1.165) is 72.9 Å². The molecule has 9 aromatic rings. The topological polar surface area (TPSA) is 56.7 Å². The number of aromatic nitrogens is 4. The second-order valence-corrected chi connectivity index (χ2v) is 14.7. The number of benzene rings is 5. The van der Waals surface area contributed by atoms with Gasteiger partial charge in [-0.25, -0.2) is 0 Å². The van der Waals surface area contributed by atoms with Crippen molar-refractivity contribution in [2.75, 3.05) is 0 Å². The number of aryl methyl sites for hydroxylation is 3. The molecule has 0 saturated heterocycles. The first kappa shape index (κ1) is 35.6. The number of fused-ring (bicyclic) bond motifs is 4. The van der Waals surface area contributed by atoms with Crippen LogP contribution in [0.15, 0.2) is 126 Å². The fourth-order valence-electron chi connectivity index (χ4n) is 7.33. The van der Waals surface area contributed by atoms with Crippen LogP contribution in [0.2, 0.25) is 0 Å². The van der Waals surface area contributed by atoms with E-state index in [-0.39, 0.29) is 31.2 Å². The van der Waals surface area contributed by atoms with Crippen molar-refractivity contribution in [3.8, 4) is 39.6 Å². The van der Waals surface area contributed by atoms with E-state index in [1.54, 1.807) is 12.3 Å². The van der Waals surface area contributed by atoms with Crippen LogP contribution in [-0.2, 0) is 20.1 Å². The predicted molar refractivity (Wildman–Crippen MR) is 227 cm³/mol. The zero-order chi connectivity index (χ0) is 41.6. The Morgan fingerprint density at radius 3 is 2.16 bits per heavy atom. The van der Waals surface area contributed by atoms with Crippen LogP contribution in [0, 0.1) is 38.6 Å². The third-order valence-electron chi connectivity index (χ3n) is 10.1. The molecule has 0 aliphatic heterocycles. The summed E-state index contributed by atoms with van der Waals surface area (Å²) in [7, 11) is 0. The van der Waals surface area contributed by atoms with Crippen LogP contribution in [0.25, 0.3) is 72.6 Å². The van der Waals surface area contributed by atoms with Crippen LogP contribution in [-0.4, -0.2) is 19.5 Å². The molecular weight excluding hydrogens is 884 g/mol. The smallest absolute Gasteiger partial charge is 0.120 e. The quantitative estimate of drug-likeness (QED) is 0.156. The molecular formula is C50H43FIrN4O-2. The standard InChI is InChI=1S/C37H32N3O.C13H11FN.Ir/c1-22(2)26-16-11-17-27(23(3)4)35(26)40-34-24(5)38-31(25-13-7-6-8-14-25)21-32(34)39-37(40)30-19-12-18-29-28-15-9-10-20-33(28)41-36(29)30;1-9-3-5-11(12(14)7-9)13-6-4-10(2)8-15-13;/h6-18,20-23H,1-5H3;3-4,6-8H,1-2H3;/q2*-1;/i;1D3;. The van der Waals surface area contributed by atoms with Gasteiger partial charge in [0.05, 0.1) is 33.8 Å². The minimum Gasteiger partial charge on any atom is -0.501 e. The van der Waals surface area contributed by atoms with Gasteiger partial charge in [-0.2, -0.15) is 0 Å². The molecule has 5 nitrogen and oxygen atoms in total. The molecule has 0 fully saturated rings. The van der Waals surface area contributed by atoms with Crippen LogP contribution < -0.4 is 0 Å². The molecule has 0 amide bonds. The summed E-state index contributed by atoms with van der Waals surface area (Å²) in [5, 5.41) is 2.16. The van der Waals surface area contributed by atoms with Crippen LogP contribution in [0.3, 0.4) is 0 Å². The van der Waals surface area contributed by atoms with Gasteiger partial charge in [-0.05, 0) is 60.2 Å². The molecule has 287 valence electrons. The summed E-state index contributed by atoms with van der Waals surface area (Å²) < 4.78 is 44.3. The van der Waals surface area contributed by atoms with Gasteiger partial charge in [-0.1, -0.05) is 130 Å². The molecule has 0 saturated carbocycles. The van der Waals surface area contributed by atoms with Gasteiger partial charge in [0.15, 0.2) is 0 Å². The molecule has 0 bridgehead atoms. The Morgan fingerprint density at radius 1 is 0.737 bits per heavy atom. The normalized spacial score (nSPS) is 12.3. The van der Waals surface area contributed by atoms with Crippen molar-refractivity contribution in [2.45, 2.75) is 60.2 Å². The maximum atomic E-state index is 13.8. The average Bonchev–Trinajstić information content (AvgIpc) is 3.80. The molecule has 0 unspecified atom stereocenters. The third-order valence-corrected chi connectivity index (χ3v) is 10.1. The van der Waals surface area contributed by atoms with Crippen LogP contribution in [0.5, 0.6) is 0 Å². The Labute approximate surface area is 351 Å². The summed E-state index contributed by atoms with van der Waals surface area (Å²) >= 11 is 0. The fourth-order valence-corrected chi connectivity index (χ4v) is 7.33. The number of hydrogen-bond acceptors (Lipinski definition) is 4. The zero-order valence-corrected chi connectivity index (χ0v) is 35.0. The number of imidazole rings is 1. The van der Waals surface area contributed by atoms with E-state index in [0.29, 0.717) is 17.5 Å². The first-order chi connectivity index (χ1) is 28.3. The number of hydrogen-bond donors (Lipinski definition) is 0. The first-order valence-electron chi connectivity index (χ1n) is 20.4. The van der Waals surface area contributed by atoms with Gasteiger partial charge in [0.25, 0.3) is 0 Å². The van der Waals surface area contributed by atoms with Crippen LogP contribution >= 0.6 is 0 Å². The van der Waals surface area contributed by atoms with E-state index in [4.69, 9.17) is 18.5 Å². The van der Waals surface area contributed by atoms with E-state index in [2.05, 4.69) is 111 Å². The molecule has 7 heteroatoms. The zero-order valence-electron chi connectivity index (χ0n) is 35.6. The van der Waals surface area contributed by atoms with E-state index in [1.165, 1.54) is 22.9 Å². The van der Waals surface area contributed by atoms with Crippen molar-refractivity contribution < 1.29 is 33.0 Å². The van der Waals surface area contributed by atoms with Crippen LogP contribution in [0.1, 0.15) is 71.6 Å². The summed E-state index contributed by atoms with van der Waals surface area (Å²) in [5.74, 6) is 0.823. The van der Waals surface area contributed by atoms with Gasteiger partial charge in [0, 0.05) is 52.9 Å². The summed E-state index contributed by atoms with van der Waals surface area (Å²) in [4.78, 5) is 14.6. The molecule has 0 aliphatic carbocycles. The second-order valence-electron chi connectivity index (χ2n) is 14.7. The summed E-state index contributed by atoms with van der Waals surface area (Å²) in [5.41, 5.74) is 12.6. The van der Waals surface area contributed by atoms with Gasteiger partial charge in [-0.15, -0.1) is 42.0 Å². The minimum absolute atomic E-state index is 0. The molecule has 57 heavy (non-hydrogen) atoms. The summed E-state index contributed by atoms with van der Waals surface area (Å²) in [6, 6.07) is 43.3. The maximum Gasteiger partial charge on any atom is 0.120 e. The number of halogens is 1. The van der Waals surface area contributed by atoms with Gasteiger partial charge < -0.3 is 14.0 Å². The summed E-state index contributed by atoms with van der Waals surface area (Å²) in [6.07, 6.45) is 1.63. The van der Waals surface area contributed by atoms with Gasteiger partial charge >= 0.3 is 0 Å². The van der Waals surface area contributed by atoms with E-state index in [1.807, 2.05) is 49.4 Å². The molecule has 4 aromatic heterocycles. The fraction of sp³-hybridized carbons (Fsp3) is 0.180. The molecule has 9 rings (SSSR count). The minimum atomic E-state index is -2.32. The van der Waals surface area contributed by atoms with E-state index >= 15 is 0 Å². The molecule has 0 aliphatic rings. The maximum absolute atomic E-state index is 13.8. The molecule has 5 aromatic carbocycles. The number of nitrogens with zero attached hydrogens (tertiary/aromatic N) is 4. The van der Waals surface area contributed by atoms with Gasteiger partial charge in [-0.3, -0.25) is 14.4 Å². The van der Waals surface area contributed by atoms with E-state index < -0.39 is 12.7 Å². The van der Waals surface area contributed by atoms with Crippen molar-refractivity contribution in [2.24, 2.45) is 0 Å². The Kier molecular flexibility index (Phi) is 10.2. The Bertz CT molecular complexity index is 2950. The average molecular weight is 930 g/mol. The van der Waals surface area contributed by atoms with E-state index in [9.17, 15) is 4.39 Å². The SMILES string of the molecule is Cc1nc(-c2ccccc2)cc2nc(-c3[c-]ccc4c3oc3ccccc34)n(-c3c(C(C)C)cccc3C(C)C)c12.[2H]C([2H])([2H])c1c[c-]c(-c2ccc(C)cn2)c(F)c1.[Ir]. The first-order valence-corrected chi connectivity index (χ1v) is 18.9. The third kappa shape index (κ3) is 7.58. The molecule has 4 heterocycles.